The number of rotatable bonds is 3. The van der Waals surface area contributed by atoms with Crippen molar-refractivity contribution in [2.75, 3.05) is 32.0 Å². The van der Waals surface area contributed by atoms with Gasteiger partial charge in [-0.3, -0.25) is 0 Å². The van der Waals surface area contributed by atoms with Gasteiger partial charge >= 0.3 is 0 Å². The summed E-state index contributed by atoms with van der Waals surface area (Å²) >= 11 is 5.34. The van der Waals surface area contributed by atoms with E-state index in [1.165, 1.54) is 31.5 Å². The molecule has 1 aromatic rings. The van der Waals surface area contributed by atoms with Gasteiger partial charge in [-0.15, -0.1) is 0 Å². The van der Waals surface area contributed by atoms with Gasteiger partial charge in [-0.2, -0.15) is 0 Å². The number of nitrogens with one attached hydrogen (secondary N) is 2. The van der Waals surface area contributed by atoms with Crippen LogP contribution < -0.4 is 10.6 Å². The first-order chi connectivity index (χ1) is 9.13. The molecule has 0 saturated carbocycles. The fourth-order valence-electron chi connectivity index (χ4n) is 2.57. The van der Waals surface area contributed by atoms with Crippen LogP contribution in [-0.2, 0) is 0 Å². The number of aryl methyl sites for hydroxylation is 1. The van der Waals surface area contributed by atoms with Gasteiger partial charge in [0, 0.05) is 18.8 Å². The van der Waals surface area contributed by atoms with E-state index in [0.29, 0.717) is 5.92 Å². The summed E-state index contributed by atoms with van der Waals surface area (Å²) in [6.07, 6.45) is 2.59. The first-order valence-electron chi connectivity index (χ1n) is 6.93. The van der Waals surface area contributed by atoms with E-state index in [2.05, 4.69) is 41.6 Å². The Hall–Kier alpha value is -1.13. The van der Waals surface area contributed by atoms with E-state index in [0.717, 1.165) is 17.3 Å². The minimum atomic E-state index is 0.705. The second-order valence-corrected chi connectivity index (χ2v) is 5.88. The van der Waals surface area contributed by atoms with Crippen LogP contribution in [0.2, 0.25) is 0 Å². The zero-order chi connectivity index (χ0) is 13.7. The average Bonchev–Trinajstić information content (AvgIpc) is 2.36. The average molecular weight is 277 g/mol. The second-order valence-electron chi connectivity index (χ2n) is 5.48. The molecule has 104 valence electrons. The lowest BCUT2D eigenvalue weighted by Gasteiger charge is -2.30. The lowest BCUT2D eigenvalue weighted by atomic mass is 9.99. The third kappa shape index (κ3) is 4.80. The van der Waals surface area contributed by atoms with Crippen LogP contribution in [0.3, 0.4) is 0 Å². The third-order valence-electron chi connectivity index (χ3n) is 3.55. The van der Waals surface area contributed by atoms with Crippen molar-refractivity contribution in [1.82, 2.24) is 10.2 Å². The maximum atomic E-state index is 5.34. The van der Waals surface area contributed by atoms with Crippen LogP contribution in [0.25, 0.3) is 0 Å². The molecule has 0 bridgehead atoms. The summed E-state index contributed by atoms with van der Waals surface area (Å²) in [5.74, 6) is 0.705. The predicted octanol–water partition coefficient (Wildman–Crippen LogP) is 2.62. The number of piperidine rings is 1. The summed E-state index contributed by atoms with van der Waals surface area (Å²) in [4.78, 5) is 2.40. The van der Waals surface area contributed by atoms with Gasteiger partial charge in [0.2, 0.25) is 0 Å². The molecular weight excluding hydrogens is 254 g/mol. The van der Waals surface area contributed by atoms with Crippen LogP contribution in [0.15, 0.2) is 24.3 Å². The van der Waals surface area contributed by atoms with Gasteiger partial charge in [-0.1, -0.05) is 12.1 Å². The first kappa shape index (κ1) is 14.3. The molecular formula is C15H23N3S. The summed E-state index contributed by atoms with van der Waals surface area (Å²) in [6.45, 7) is 5.43. The number of hydrogen-bond acceptors (Lipinski definition) is 2. The first-order valence-corrected chi connectivity index (χ1v) is 7.34. The van der Waals surface area contributed by atoms with Crippen LogP contribution in [0, 0.1) is 12.8 Å². The molecule has 1 fully saturated rings. The van der Waals surface area contributed by atoms with Gasteiger partial charge in [0.1, 0.15) is 0 Å². The summed E-state index contributed by atoms with van der Waals surface area (Å²) in [5.41, 5.74) is 2.29. The van der Waals surface area contributed by atoms with E-state index in [-0.39, 0.29) is 0 Å². The molecule has 2 N–H and O–H groups in total. The normalized spacial score (nSPS) is 20.0. The highest BCUT2D eigenvalue weighted by Crippen LogP contribution is 2.14. The van der Waals surface area contributed by atoms with E-state index in [9.17, 15) is 0 Å². The second kappa shape index (κ2) is 6.87. The third-order valence-corrected chi connectivity index (χ3v) is 3.80. The molecule has 3 nitrogen and oxygen atoms in total. The summed E-state index contributed by atoms with van der Waals surface area (Å²) in [5, 5.41) is 7.30. The molecule has 1 aliphatic heterocycles. The van der Waals surface area contributed by atoms with Crippen molar-refractivity contribution in [1.29, 1.82) is 0 Å². The molecule has 1 aromatic carbocycles. The Morgan fingerprint density at radius 1 is 1.47 bits per heavy atom. The van der Waals surface area contributed by atoms with E-state index >= 15 is 0 Å². The van der Waals surface area contributed by atoms with Gasteiger partial charge in [-0.05, 0) is 69.2 Å². The van der Waals surface area contributed by atoms with Gasteiger partial charge in [-0.25, -0.2) is 0 Å². The Morgan fingerprint density at radius 2 is 2.32 bits per heavy atom. The van der Waals surface area contributed by atoms with E-state index in [1.54, 1.807) is 0 Å². The maximum Gasteiger partial charge on any atom is 0.170 e. The van der Waals surface area contributed by atoms with Gasteiger partial charge < -0.3 is 15.5 Å². The van der Waals surface area contributed by atoms with Crippen LogP contribution in [-0.4, -0.2) is 36.7 Å². The topological polar surface area (TPSA) is 27.3 Å². The number of hydrogen-bond donors (Lipinski definition) is 2. The van der Waals surface area contributed by atoms with Crippen molar-refractivity contribution < 1.29 is 0 Å². The molecule has 0 aliphatic carbocycles. The lowest BCUT2D eigenvalue weighted by Crippen LogP contribution is -2.40. The molecule has 4 heteroatoms. The highest BCUT2D eigenvalue weighted by Gasteiger charge is 2.16. The standard InChI is InChI=1S/C15H23N3S/c1-12-5-3-7-14(9-12)17-15(19)16-10-13-6-4-8-18(2)11-13/h3,5,7,9,13H,4,6,8,10-11H2,1-2H3,(H2,16,17,19). The maximum absolute atomic E-state index is 5.34. The Bertz CT molecular complexity index is 433. The fraction of sp³-hybridized carbons (Fsp3) is 0.533. The van der Waals surface area contributed by atoms with Crippen molar-refractivity contribution in [2.45, 2.75) is 19.8 Å². The fourth-order valence-corrected chi connectivity index (χ4v) is 2.78. The van der Waals surface area contributed by atoms with Gasteiger partial charge in [0.25, 0.3) is 0 Å². The van der Waals surface area contributed by atoms with Crippen molar-refractivity contribution in [3.05, 3.63) is 29.8 Å². The molecule has 19 heavy (non-hydrogen) atoms. The molecule has 1 saturated heterocycles. The number of likely N-dealkylation sites (tertiary alicyclic amines) is 1. The molecule has 0 aromatic heterocycles. The molecule has 0 radical (unpaired) electrons. The summed E-state index contributed by atoms with van der Waals surface area (Å²) in [6, 6.07) is 8.26. The van der Waals surface area contributed by atoms with E-state index in [1.807, 2.05) is 12.1 Å². The Kier molecular flexibility index (Phi) is 5.16. The lowest BCUT2D eigenvalue weighted by molar-refractivity contribution is 0.211. The van der Waals surface area contributed by atoms with Crippen molar-refractivity contribution in [2.24, 2.45) is 5.92 Å². The number of benzene rings is 1. The Labute approximate surface area is 121 Å². The van der Waals surface area contributed by atoms with Crippen LogP contribution in [0.5, 0.6) is 0 Å². The van der Waals surface area contributed by atoms with Crippen molar-refractivity contribution in [3.8, 4) is 0 Å². The van der Waals surface area contributed by atoms with Crippen molar-refractivity contribution >= 4 is 23.0 Å². The number of thiocarbonyl (C=S) groups is 1. The molecule has 1 aliphatic rings. The monoisotopic (exact) mass is 277 g/mol. The molecule has 1 unspecified atom stereocenters. The number of nitrogens with zero attached hydrogens (tertiary/aromatic N) is 1. The Balaban J connectivity index is 1.75. The van der Waals surface area contributed by atoms with Gasteiger partial charge in [0.15, 0.2) is 5.11 Å². The smallest absolute Gasteiger partial charge is 0.170 e. The molecule has 0 amide bonds. The molecule has 1 heterocycles. The molecule has 2 rings (SSSR count). The number of anilines is 1. The van der Waals surface area contributed by atoms with Crippen LogP contribution in [0.4, 0.5) is 5.69 Å². The van der Waals surface area contributed by atoms with Gasteiger partial charge in [0.05, 0.1) is 0 Å². The van der Waals surface area contributed by atoms with Crippen LogP contribution in [0.1, 0.15) is 18.4 Å². The largest absolute Gasteiger partial charge is 0.362 e. The minimum Gasteiger partial charge on any atom is -0.362 e. The zero-order valence-corrected chi connectivity index (χ0v) is 12.6. The zero-order valence-electron chi connectivity index (χ0n) is 11.8. The van der Waals surface area contributed by atoms with Crippen molar-refractivity contribution in [3.63, 3.8) is 0 Å². The SMILES string of the molecule is Cc1cccc(NC(=S)NCC2CCCN(C)C2)c1. The highest BCUT2D eigenvalue weighted by molar-refractivity contribution is 7.80. The predicted molar refractivity (Wildman–Crippen MR) is 85.6 cm³/mol. The Morgan fingerprint density at radius 3 is 3.05 bits per heavy atom. The van der Waals surface area contributed by atoms with E-state index in [4.69, 9.17) is 12.2 Å². The molecule has 1 atom stereocenters. The minimum absolute atomic E-state index is 0.705. The molecule has 0 spiro atoms. The van der Waals surface area contributed by atoms with E-state index < -0.39 is 0 Å². The summed E-state index contributed by atoms with van der Waals surface area (Å²) < 4.78 is 0. The van der Waals surface area contributed by atoms with Crippen LogP contribution >= 0.6 is 12.2 Å². The summed E-state index contributed by atoms with van der Waals surface area (Å²) in [7, 11) is 2.19. The highest BCUT2D eigenvalue weighted by atomic mass is 32.1. The quantitative estimate of drug-likeness (QED) is 0.831.